The normalized spacial score (nSPS) is 15.6. The molecule has 9 nitrogen and oxygen atoms in total. The third-order valence-corrected chi connectivity index (χ3v) is 5.37. The smallest absolute Gasteiger partial charge is 0.265 e. The van der Waals surface area contributed by atoms with E-state index in [1.165, 1.54) is 0 Å². The Morgan fingerprint density at radius 1 is 1.11 bits per heavy atom. The second kappa shape index (κ2) is 6.64. The van der Waals surface area contributed by atoms with Crippen molar-refractivity contribution in [2.45, 2.75) is 26.3 Å². The molecule has 0 N–H and O–H groups in total. The van der Waals surface area contributed by atoms with Crippen LogP contribution in [0.25, 0.3) is 11.0 Å². The highest BCUT2D eigenvalue weighted by Crippen LogP contribution is 2.23. The number of aromatic nitrogens is 6. The molecule has 0 saturated carbocycles. The fourth-order valence-electron chi connectivity index (χ4n) is 3.72. The standard InChI is InChI=1S/C18H23N7O2/c1-12-8-19-11-25(16(12)26)10-13-4-6-24(7-5-13)18-21-15-14(9-20-23(15)3)17(27)22(18)2/h8-9,11,13H,4-7,10H2,1-3H3. The van der Waals surface area contributed by atoms with Crippen molar-refractivity contribution in [2.75, 3.05) is 18.0 Å². The third kappa shape index (κ3) is 3.02. The first-order chi connectivity index (χ1) is 13.0. The van der Waals surface area contributed by atoms with Gasteiger partial charge in [-0.25, -0.2) is 4.98 Å². The van der Waals surface area contributed by atoms with Crippen LogP contribution >= 0.6 is 0 Å². The van der Waals surface area contributed by atoms with Crippen LogP contribution in [0.2, 0.25) is 0 Å². The number of hydrogen-bond donors (Lipinski definition) is 0. The van der Waals surface area contributed by atoms with E-state index in [0.29, 0.717) is 35.0 Å². The lowest BCUT2D eigenvalue weighted by Gasteiger charge is -2.33. The highest BCUT2D eigenvalue weighted by molar-refractivity contribution is 5.74. The quantitative estimate of drug-likeness (QED) is 0.666. The van der Waals surface area contributed by atoms with Crippen molar-refractivity contribution < 1.29 is 0 Å². The van der Waals surface area contributed by atoms with Crippen molar-refractivity contribution in [1.29, 1.82) is 0 Å². The van der Waals surface area contributed by atoms with Gasteiger partial charge in [0.15, 0.2) is 5.65 Å². The van der Waals surface area contributed by atoms with Gasteiger partial charge in [-0.2, -0.15) is 10.1 Å². The van der Waals surface area contributed by atoms with Gasteiger partial charge >= 0.3 is 0 Å². The number of hydrogen-bond acceptors (Lipinski definition) is 6. The van der Waals surface area contributed by atoms with E-state index in [9.17, 15) is 9.59 Å². The van der Waals surface area contributed by atoms with E-state index in [1.807, 2.05) is 0 Å². The Balaban J connectivity index is 1.53. The predicted octanol–water partition coefficient (Wildman–Crippen LogP) is 0.449. The van der Waals surface area contributed by atoms with Gasteiger partial charge in [0, 0.05) is 45.5 Å². The molecule has 0 atom stereocenters. The van der Waals surface area contributed by atoms with Gasteiger partial charge in [0.2, 0.25) is 5.95 Å². The molecule has 0 bridgehead atoms. The third-order valence-electron chi connectivity index (χ3n) is 5.37. The molecule has 3 aromatic heterocycles. The summed E-state index contributed by atoms with van der Waals surface area (Å²) in [5.41, 5.74) is 1.21. The Morgan fingerprint density at radius 3 is 2.59 bits per heavy atom. The number of piperidine rings is 1. The van der Waals surface area contributed by atoms with Crippen LogP contribution in [-0.2, 0) is 20.6 Å². The van der Waals surface area contributed by atoms with Crippen LogP contribution in [0, 0.1) is 12.8 Å². The molecule has 1 aliphatic rings. The van der Waals surface area contributed by atoms with Crippen LogP contribution < -0.4 is 16.0 Å². The summed E-state index contributed by atoms with van der Waals surface area (Å²) in [6.45, 7) is 4.05. The SMILES string of the molecule is Cc1cncn(CC2CCN(c3nc4c(cnn4C)c(=O)n3C)CC2)c1=O. The maximum absolute atomic E-state index is 12.6. The van der Waals surface area contributed by atoms with Crippen molar-refractivity contribution in [2.24, 2.45) is 20.0 Å². The van der Waals surface area contributed by atoms with Crippen molar-refractivity contribution in [3.05, 3.63) is 45.0 Å². The summed E-state index contributed by atoms with van der Waals surface area (Å²) in [5, 5.41) is 4.67. The summed E-state index contributed by atoms with van der Waals surface area (Å²) in [5.74, 6) is 1.07. The molecule has 142 valence electrons. The summed E-state index contributed by atoms with van der Waals surface area (Å²) in [7, 11) is 3.54. The zero-order chi connectivity index (χ0) is 19.1. The van der Waals surface area contributed by atoms with Crippen molar-refractivity contribution in [1.82, 2.24) is 28.9 Å². The van der Waals surface area contributed by atoms with Crippen molar-refractivity contribution in [3.63, 3.8) is 0 Å². The van der Waals surface area contributed by atoms with E-state index < -0.39 is 0 Å². The molecule has 0 spiro atoms. The van der Waals surface area contributed by atoms with Crippen LogP contribution in [0.3, 0.4) is 0 Å². The van der Waals surface area contributed by atoms with Crippen molar-refractivity contribution >= 4 is 17.0 Å². The summed E-state index contributed by atoms with van der Waals surface area (Å²) < 4.78 is 4.93. The molecule has 1 fully saturated rings. The zero-order valence-corrected chi connectivity index (χ0v) is 15.8. The van der Waals surface area contributed by atoms with E-state index in [2.05, 4.69) is 20.0 Å². The maximum atomic E-state index is 12.6. The molecular formula is C18H23N7O2. The summed E-state index contributed by atoms with van der Waals surface area (Å²) in [6.07, 6.45) is 6.64. The van der Waals surface area contributed by atoms with Gasteiger partial charge in [-0.1, -0.05) is 0 Å². The summed E-state index contributed by atoms with van der Waals surface area (Å²) in [4.78, 5) is 35.7. The second-order valence-corrected chi connectivity index (χ2v) is 7.25. The van der Waals surface area contributed by atoms with Gasteiger partial charge in [-0.15, -0.1) is 0 Å². The first kappa shape index (κ1) is 17.4. The molecule has 0 aliphatic carbocycles. The lowest BCUT2D eigenvalue weighted by Crippen LogP contribution is -2.39. The number of fused-ring (bicyclic) bond motifs is 1. The first-order valence-electron chi connectivity index (χ1n) is 9.10. The minimum absolute atomic E-state index is 0.0261. The second-order valence-electron chi connectivity index (χ2n) is 7.25. The minimum atomic E-state index is -0.0809. The van der Waals surface area contributed by atoms with Crippen LogP contribution in [0.5, 0.6) is 0 Å². The monoisotopic (exact) mass is 369 g/mol. The first-order valence-corrected chi connectivity index (χ1v) is 9.10. The summed E-state index contributed by atoms with van der Waals surface area (Å²) >= 11 is 0. The zero-order valence-electron chi connectivity index (χ0n) is 15.8. The fraction of sp³-hybridized carbons (Fsp3) is 0.500. The van der Waals surface area contributed by atoms with Crippen LogP contribution in [-0.4, -0.2) is 42.0 Å². The van der Waals surface area contributed by atoms with Crippen LogP contribution in [0.15, 0.2) is 28.3 Å². The molecule has 0 aromatic carbocycles. The van der Waals surface area contributed by atoms with Gasteiger partial charge in [0.05, 0.1) is 12.5 Å². The maximum Gasteiger partial charge on any atom is 0.265 e. The van der Waals surface area contributed by atoms with Crippen molar-refractivity contribution in [3.8, 4) is 0 Å². The molecule has 0 unspecified atom stereocenters. The Bertz CT molecular complexity index is 1100. The van der Waals surface area contributed by atoms with Gasteiger partial charge in [0.25, 0.3) is 11.1 Å². The molecule has 4 rings (SSSR count). The van der Waals surface area contributed by atoms with Gasteiger partial charge < -0.3 is 4.90 Å². The highest BCUT2D eigenvalue weighted by atomic mass is 16.1. The fourth-order valence-corrected chi connectivity index (χ4v) is 3.72. The predicted molar refractivity (Wildman–Crippen MR) is 102 cm³/mol. The number of anilines is 1. The Labute approximate surface area is 155 Å². The molecule has 4 heterocycles. The van der Waals surface area contributed by atoms with E-state index in [1.54, 1.807) is 53.6 Å². The largest absolute Gasteiger partial charge is 0.342 e. The highest BCUT2D eigenvalue weighted by Gasteiger charge is 2.24. The van der Waals surface area contributed by atoms with Gasteiger partial charge in [0.1, 0.15) is 5.39 Å². The number of aryl methyl sites for hydroxylation is 2. The Kier molecular flexibility index (Phi) is 4.29. The van der Waals surface area contributed by atoms with Gasteiger partial charge in [-0.3, -0.25) is 23.4 Å². The molecular weight excluding hydrogens is 346 g/mol. The van der Waals surface area contributed by atoms with E-state index in [0.717, 1.165) is 25.9 Å². The number of nitrogens with zero attached hydrogens (tertiary/aromatic N) is 7. The lowest BCUT2D eigenvalue weighted by atomic mass is 9.97. The molecule has 3 aromatic rings. The lowest BCUT2D eigenvalue weighted by molar-refractivity contribution is 0.347. The molecule has 1 aliphatic heterocycles. The molecule has 9 heteroatoms. The minimum Gasteiger partial charge on any atom is -0.342 e. The van der Waals surface area contributed by atoms with E-state index in [-0.39, 0.29) is 11.1 Å². The average Bonchev–Trinajstić information content (AvgIpc) is 3.04. The van der Waals surface area contributed by atoms with Crippen LogP contribution in [0.1, 0.15) is 18.4 Å². The molecule has 0 radical (unpaired) electrons. The summed E-state index contributed by atoms with van der Waals surface area (Å²) in [6, 6.07) is 0. The van der Waals surface area contributed by atoms with Crippen LogP contribution in [0.4, 0.5) is 5.95 Å². The van der Waals surface area contributed by atoms with E-state index in [4.69, 9.17) is 0 Å². The van der Waals surface area contributed by atoms with Gasteiger partial charge in [-0.05, 0) is 25.7 Å². The van der Waals surface area contributed by atoms with E-state index >= 15 is 0 Å². The molecule has 1 saturated heterocycles. The Morgan fingerprint density at radius 2 is 1.85 bits per heavy atom. The topological polar surface area (TPSA) is 90.8 Å². The Hall–Kier alpha value is -2.97. The average molecular weight is 369 g/mol. The molecule has 27 heavy (non-hydrogen) atoms. The number of rotatable bonds is 3. The molecule has 0 amide bonds.